The van der Waals surface area contributed by atoms with Crippen molar-refractivity contribution in [2.24, 2.45) is 5.92 Å². The van der Waals surface area contributed by atoms with E-state index in [0.29, 0.717) is 29.1 Å². The number of aryl methyl sites for hydroxylation is 1. The number of hydrogen-bond donors (Lipinski definition) is 0. The fraction of sp³-hybridized carbons (Fsp3) is 0.538. The molecule has 0 radical (unpaired) electrons. The Morgan fingerprint density at radius 1 is 1.55 bits per heavy atom. The topological polar surface area (TPSA) is 55.1 Å². The van der Waals surface area contributed by atoms with Gasteiger partial charge in [0.15, 0.2) is 6.61 Å². The van der Waals surface area contributed by atoms with Gasteiger partial charge in [-0.1, -0.05) is 11.6 Å². The number of fused-ring (bicyclic) bond motifs is 3. The fourth-order valence-corrected chi connectivity index (χ4v) is 4.31. The summed E-state index contributed by atoms with van der Waals surface area (Å²) in [5.41, 5.74) is 1.26. The first-order chi connectivity index (χ1) is 9.69. The van der Waals surface area contributed by atoms with E-state index in [2.05, 4.69) is 9.97 Å². The molecule has 1 atom stereocenters. The number of halogens is 1. The molecule has 0 saturated carbocycles. The minimum atomic E-state index is 0.325. The highest BCUT2D eigenvalue weighted by Crippen LogP contribution is 2.39. The SMILES string of the molecule is CCO[N+](=O)CC1CCc2c(sc3ncnc(Cl)c23)C1. The van der Waals surface area contributed by atoms with Crippen LogP contribution in [0.3, 0.4) is 0 Å². The van der Waals surface area contributed by atoms with Gasteiger partial charge in [-0.15, -0.1) is 11.3 Å². The summed E-state index contributed by atoms with van der Waals surface area (Å²) in [5.74, 6) is 0.325. The van der Waals surface area contributed by atoms with E-state index in [1.165, 1.54) is 16.8 Å². The van der Waals surface area contributed by atoms with E-state index < -0.39 is 0 Å². The van der Waals surface area contributed by atoms with Crippen molar-refractivity contribution in [2.75, 3.05) is 13.2 Å². The van der Waals surface area contributed by atoms with Gasteiger partial charge in [0.1, 0.15) is 16.3 Å². The lowest BCUT2D eigenvalue weighted by Gasteiger charge is -2.18. The predicted octanol–water partition coefficient (Wildman–Crippen LogP) is 3.18. The molecular formula is C13H15ClN3O2S+. The first kappa shape index (κ1) is 13.7. The Morgan fingerprint density at radius 3 is 3.20 bits per heavy atom. The van der Waals surface area contributed by atoms with E-state index in [9.17, 15) is 4.91 Å². The van der Waals surface area contributed by atoms with Crippen molar-refractivity contribution in [3.63, 3.8) is 0 Å². The van der Waals surface area contributed by atoms with E-state index in [1.807, 2.05) is 6.92 Å². The summed E-state index contributed by atoms with van der Waals surface area (Å²) in [6.07, 6.45) is 4.28. The number of rotatable bonds is 4. The summed E-state index contributed by atoms with van der Waals surface area (Å²) in [7, 11) is 0. The fourth-order valence-electron chi connectivity index (χ4n) is 2.70. The van der Waals surface area contributed by atoms with Gasteiger partial charge in [-0.05, 0) is 31.7 Å². The molecule has 106 valence electrons. The summed E-state index contributed by atoms with van der Waals surface area (Å²) in [6, 6.07) is 0. The molecule has 2 aromatic heterocycles. The zero-order valence-corrected chi connectivity index (χ0v) is 12.7. The van der Waals surface area contributed by atoms with Crippen LogP contribution in [0, 0.1) is 10.8 Å². The second-order valence-corrected chi connectivity index (χ2v) is 6.33. The molecule has 20 heavy (non-hydrogen) atoms. The quantitative estimate of drug-likeness (QED) is 0.642. The first-order valence-electron chi connectivity index (χ1n) is 6.67. The van der Waals surface area contributed by atoms with Gasteiger partial charge in [0.05, 0.1) is 10.3 Å². The molecular weight excluding hydrogens is 298 g/mol. The summed E-state index contributed by atoms with van der Waals surface area (Å²) in [5, 5.41) is 1.53. The largest absolute Gasteiger partial charge is 0.251 e. The van der Waals surface area contributed by atoms with Crippen LogP contribution in [-0.4, -0.2) is 28.0 Å². The molecule has 0 aromatic carbocycles. The van der Waals surface area contributed by atoms with Gasteiger partial charge in [-0.2, -0.15) is 0 Å². The molecule has 0 spiro atoms. The highest BCUT2D eigenvalue weighted by molar-refractivity contribution is 7.19. The van der Waals surface area contributed by atoms with E-state index in [4.69, 9.17) is 16.4 Å². The van der Waals surface area contributed by atoms with Gasteiger partial charge in [0.25, 0.3) is 6.54 Å². The molecule has 1 unspecified atom stereocenters. The normalized spacial score (nSPS) is 18.0. The molecule has 1 aliphatic carbocycles. The van der Waals surface area contributed by atoms with Crippen molar-refractivity contribution in [1.29, 1.82) is 0 Å². The molecule has 0 aliphatic heterocycles. The van der Waals surface area contributed by atoms with Crippen molar-refractivity contribution >= 4 is 33.2 Å². The zero-order chi connectivity index (χ0) is 14.1. The maximum atomic E-state index is 11.5. The molecule has 0 fully saturated rings. The van der Waals surface area contributed by atoms with Crippen LogP contribution in [0.25, 0.3) is 10.2 Å². The van der Waals surface area contributed by atoms with Crippen LogP contribution < -0.4 is 0 Å². The highest BCUT2D eigenvalue weighted by atomic mass is 35.5. The van der Waals surface area contributed by atoms with Gasteiger partial charge in [0, 0.05) is 10.8 Å². The Hall–Kier alpha value is -1.27. The number of nitrogens with zero attached hydrogens (tertiary/aromatic N) is 3. The summed E-state index contributed by atoms with van der Waals surface area (Å²) in [4.78, 5) is 27.7. The van der Waals surface area contributed by atoms with Crippen molar-refractivity contribution in [1.82, 2.24) is 9.97 Å². The van der Waals surface area contributed by atoms with E-state index >= 15 is 0 Å². The summed E-state index contributed by atoms with van der Waals surface area (Å²) < 4.78 is 0. The molecule has 0 bridgehead atoms. The number of thiophene rings is 1. The van der Waals surface area contributed by atoms with Gasteiger partial charge in [0.2, 0.25) is 4.92 Å². The highest BCUT2D eigenvalue weighted by Gasteiger charge is 2.29. The second kappa shape index (κ2) is 5.61. The molecule has 1 aliphatic rings. The predicted molar refractivity (Wildman–Crippen MR) is 78.1 cm³/mol. The van der Waals surface area contributed by atoms with Crippen molar-refractivity contribution < 1.29 is 9.76 Å². The average molecular weight is 313 g/mol. The Labute approximate surface area is 125 Å². The lowest BCUT2D eigenvalue weighted by molar-refractivity contribution is -0.805. The lowest BCUT2D eigenvalue weighted by Crippen LogP contribution is -2.24. The van der Waals surface area contributed by atoms with Gasteiger partial charge >= 0.3 is 0 Å². The summed E-state index contributed by atoms with van der Waals surface area (Å²) in [6.45, 7) is 2.65. The van der Waals surface area contributed by atoms with E-state index in [-0.39, 0.29) is 0 Å². The smallest absolute Gasteiger partial charge is 0.232 e. The van der Waals surface area contributed by atoms with Crippen LogP contribution in [0.1, 0.15) is 23.8 Å². The van der Waals surface area contributed by atoms with Crippen LogP contribution in [0.2, 0.25) is 5.15 Å². The van der Waals surface area contributed by atoms with E-state index in [1.54, 1.807) is 11.3 Å². The molecule has 0 amide bonds. The Bertz CT molecular complexity index is 658. The van der Waals surface area contributed by atoms with Crippen LogP contribution in [0.15, 0.2) is 6.33 Å². The number of aromatic nitrogens is 2. The Morgan fingerprint density at radius 2 is 2.40 bits per heavy atom. The third kappa shape index (κ3) is 2.50. The molecule has 5 nitrogen and oxygen atoms in total. The Balaban J connectivity index is 1.84. The second-order valence-electron chi connectivity index (χ2n) is 4.89. The molecule has 0 saturated heterocycles. The molecule has 7 heteroatoms. The molecule has 2 aromatic rings. The molecule has 0 N–H and O–H groups in total. The standard InChI is InChI=1S/C13H15ClN3O2S/c1-2-19-17(18)6-8-3-4-9-10(5-8)20-13-11(9)12(14)15-7-16-13/h7-8H,2-6H2,1H3/q+1. The van der Waals surface area contributed by atoms with Crippen molar-refractivity contribution in [2.45, 2.75) is 26.2 Å². The van der Waals surface area contributed by atoms with Gasteiger partial charge in [-0.3, -0.25) is 0 Å². The maximum Gasteiger partial charge on any atom is 0.251 e. The van der Waals surface area contributed by atoms with Crippen LogP contribution in [-0.2, 0) is 17.7 Å². The number of hydrogen-bond acceptors (Lipinski definition) is 5. The van der Waals surface area contributed by atoms with Crippen LogP contribution in [0.4, 0.5) is 0 Å². The van der Waals surface area contributed by atoms with Crippen LogP contribution >= 0.6 is 22.9 Å². The minimum absolute atomic E-state index is 0.325. The molecule has 3 rings (SSSR count). The third-order valence-corrected chi connectivity index (χ3v) is 5.03. The van der Waals surface area contributed by atoms with Crippen molar-refractivity contribution in [3.05, 3.63) is 26.8 Å². The minimum Gasteiger partial charge on any atom is -0.232 e. The third-order valence-electron chi connectivity index (χ3n) is 3.58. The van der Waals surface area contributed by atoms with Crippen LogP contribution in [0.5, 0.6) is 0 Å². The van der Waals surface area contributed by atoms with E-state index in [0.717, 1.165) is 29.5 Å². The average Bonchev–Trinajstić information content (AvgIpc) is 2.77. The van der Waals surface area contributed by atoms with Gasteiger partial charge < -0.3 is 0 Å². The first-order valence-corrected chi connectivity index (χ1v) is 7.86. The zero-order valence-electron chi connectivity index (χ0n) is 11.1. The Kier molecular flexibility index (Phi) is 3.85. The summed E-state index contributed by atoms with van der Waals surface area (Å²) >= 11 is 7.84. The monoisotopic (exact) mass is 312 g/mol. The van der Waals surface area contributed by atoms with Crippen molar-refractivity contribution in [3.8, 4) is 0 Å². The van der Waals surface area contributed by atoms with Gasteiger partial charge in [-0.25, -0.2) is 14.8 Å². The maximum absolute atomic E-state index is 11.5. The molecule has 2 heterocycles. The lowest BCUT2D eigenvalue weighted by atomic mass is 9.88.